The minimum atomic E-state index is -0.456. The molecule has 3 aromatic carbocycles. The predicted molar refractivity (Wildman–Crippen MR) is 113 cm³/mol. The summed E-state index contributed by atoms with van der Waals surface area (Å²) in [4.78, 5) is 24.9. The Kier molecular flexibility index (Phi) is 6.32. The van der Waals surface area contributed by atoms with E-state index >= 15 is 0 Å². The molecule has 0 aromatic heterocycles. The van der Waals surface area contributed by atoms with Crippen LogP contribution in [0.1, 0.15) is 25.3 Å². The van der Waals surface area contributed by atoms with Gasteiger partial charge in [-0.25, -0.2) is 0 Å². The molecule has 0 unspecified atom stereocenters. The molecule has 0 heterocycles. The van der Waals surface area contributed by atoms with Crippen LogP contribution in [0, 0.1) is 5.92 Å². The molecule has 0 aliphatic heterocycles. The maximum absolute atomic E-state index is 12.6. The zero-order valence-electron chi connectivity index (χ0n) is 15.8. The molecule has 0 saturated carbocycles. The van der Waals surface area contributed by atoms with Gasteiger partial charge in [0.25, 0.3) is 5.91 Å². The van der Waals surface area contributed by atoms with E-state index in [1.165, 1.54) is 0 Å². The zero-order valence-corrected chi connectivity index (χ0v) is 16.6. The summed E-state index contributed by atoms with van der Waals surface area (Å²) in [5.41, 5.74) is 1.51. The summed E-state index contributed by atoms with van der Waals surface area (Å²) in [6.45, 7) is 3.55. The van der Waals surface area contributed by atoms with Crippen LogP contribution >= 0.6 is 11.6 Å². The van der Waals surface area contributed by atoms with E-state index in [0.29, 0.717) is 10.7 Å². The number of rotatable bonds is 6. The predicted octanol–water partition coefficient (Wildman–Crippen LogP) is 5.41. The SMILES string of the molecule is CC(C)[C@@H](C(=O)OCC(=O)Nc1cccc2ccccc12)c1ccc(Cl)cc1. The number of benzene rings is 3. The Morgan fingerprint density at radius 1 is 0.964 bits per heavy atom. The molecule has 1 N–H and O–H groups in total. The maximum atomic E-state index is 12.6. The molecule has 144 valence electrons. The van der Waals surface area contributed by atoms with Crippen molar-refractivity contribution in [3.05, 3.63) is 77.3 Å². The molecule has 0 aliphatic rings. The third-order valence-electron chi connectivity index (χ3n) is 4.56. The maximum Gasteiger partial charge on any atom is 0.314 e. The largest absolute Gasteiger partial charge is 0.455 e. The fourth-order valence-corrected chi connectivity index (χ4v) is 3.34. The lowest BCUT2D eigenvalue weighted by atomic mass is 9.88. The molecular formula is C23H22ClNO3. The van der Waals surface area contributed by atoms with Crippen LogP contribution in [0.2, 0.25) is 5.02 Å². The van der Waals surface area contributed by atoms with Crippen LogP contribution in [-0.2, 0) is 14.3 Å². The normalized spacial score (nSPS) is 12.0. The lowest BCUT2D eigenvalue weighted by molar-refractivity contribution is -0.149. The Labute approximate surface area is 169 Å². The molecule has 0 radical (unpaired) electrons. The van der Waals surface area contributed by atoms with E-state index in [4.69, 9.17) is 16.3 Å². The highest BCUT2D eigenvalue weighted by Crippen LogP contribution is 2.27. The van der Waals surface area contributed by atoms with E-state index in [9.17, 15) is 9.59 Å². The van der Waals surface area contributed by atoms with Crippen molar-refractivity contribution < 1.29 is 14.3 Å². The van der Waals surface area contributed by atoms with Gasteiger partial charge in [-0.1, -0.05) is 74.0 Å². The highest BCUT2D eigenvalue weighted by Gasteiger charge is 2.26. The van der Waals surface area contributed by atoms with Crippen molar-refractivity contribution in [2.75, 3.05) is 11.9 Å². The second kappa shape index (κ2) is 8.89. The molecule has 0 fully saturated rings. The van der Waals surface area contributed by atoms with E-state index in [0.717, 1.165) is 16.3 Å². The molecule has 28 heavy (non-hydrogen) atoms. The lowest BCUT2D eigenvalue weighted by Gasteiger charge is -2.20. The third-order valence-corrected chi connectivity index (χ3v) is 4.81. The Bertz CT molecular complexity index is 977. The fraction of sp³-hybridized carbons (Fsp3) is 0.217. The van der Waals surface area contributed by atoms with Crippen molar-refractivity contribution in [3.63, 3.8) is 0 Å². The number of fused-ring (bicyclic) bond motifs is 1. The Balaban J connectivity index is 1.65. The molecule has 0 spiro atoms. The summed E-state index contributed by atoms with van der Waals surface area (Å²) in [6.07, 6.45) is 0. The van der Waals surface area contributed by atoms with Crippen LogP contribution in [-0.4, -0.2) is 18.5 Å². The molecular weight excluding hydrogens is 374 g/mol. The number of hydrogen-bond acceptors (Lipinski definition) is 3. The molecule has 3 aromatic rings. The summed E-state index contributed by atoms with van der Waals surface area (Å²) in [5, 5.41) is 5.39. The quantitative estimate of drug-likeness (QED) is 0.567. The van der Waals surface area contributed by atoms with Crippen molar-refractivity contribution in [2.45, 2.75) is 19.8 Å². The van der Waals surface area contributed by atoms with Gasteiger partial charge in [-0.3, -0.25) is 9.59 Å². The molecule has 5 heteroatoms. The molecule has 3 rings (SSSR count). The third kappa shape index (κ3) is 4.70. The van der Waals surface area contributed by atoms with Crippen LogP contribution in [0.3, 0.4) is 0 Å². The number of anilines is 1. The first-order valence-electron chi connectivity index (χ1n) is 9.15. The van der Waals surface area contributed by atoms with E-state index in [2.05, 4.69) is 5.32 Å². The van der Waals surface area contributed by atoms with Gasteiger partial charge >= 0.3 is 5.97 Å². The fourth-order valence-electron chi connectivity index (χ4n) is 3.21. The molecule has 0 bridgehead atoms. The number of halogens is 1. The highest BCUT2D eigenvalue weighted by molar-refractivity contribution is 6.30. The highest BCUT2D eigenvalue weighted by atomic mass is 35.5. The molecule has 1 amide bonds. The van der Waals surface area contributed by atoms with E-state index < -0.39 is 11.9 Å². The van der Waals surface area contributed by atoms with Gasteiger partial charge in [0, 0.05) is 16.1 Å². The van der Waals surface area contributed by atoms with Gasteiger partial charge in [0.2, 0.25) is 0 Å². The number of hydrogen-bond donors (Lipinski definition) is 1. The lowest BCUT2D eigenvalue weighted by Crippen LogP contribution is -2.26. The van der Waals surface area contributed by atoms with Crippen molar-refractivity contribution >= 4 is 39.9 Å². The average molecular weight is 396 g/mol. The summed E-state index contributed by atoms with van der Waals surface area (Å²) >= 11 is 5.93. The molecule has 0 saturated heterocycles. The summed E-state index contributed by atoms with van der Waals surface area (Å²) in [7, 11) is 0. The molecule has 1 atom stereocenters. The average Bonchev–Trinajstić information content (AvgIpc) is 2.68. The first-order valence-corrected chi connectivity index (χ1v) is 9.53. The van der Waals surface area contributed by atoms with Gasteiger partial charge in [-0.2, -0.15) is 0 Å². The first kappa shape index (κ1) is 19.9. The summed E-state index contributed by atoms with van der Waals surface area (Å²) in [6, 6.07) is 20.6. The van der Waals surface area contributed by atoms with Gasteiger partial charge in [0.1, 0.15) is 0 Å². The Hall–Kier alpha value is -2.85. The van der Waals surface area contributed by atoms with Crippen LogP contribution in [0.15, 0.2) is 66.7 Å². The zero-order chi connectivity index (χ0) is 20.1. The standard InChI is InChI=1S/C23H22ClNO3/c1-15(2)22(17-10-12-18(24)13-11-17)23(27)28-14-21(26)25-20-9-5-7-16-6-3-4-8-19(16)20/h3-13,15,22H,14H2,1-2H3,(H,25,26)/t22-/m1/s1. The second-order valence-corrected chi connectivity index (χ2v) is 7.39. The number of nitrogens with one attached hydrogen (secondary N) is 1. The number of amides is 1. The Morgan fingerprint density at radius 3 is 2.36 bits per heavy atom. The first-order chi connectivity index (χ1) is 13.5. The number of carbonyl (C=O) groups is 2. The minimum absolute atomic E-state index is 0.0230. The number of carbonyl (C=O) groups excluding carboxylic acids is 2. The molecule has 4 nitrogen and oxygen atoms in total. The van der Waals surface area contributed by atoms with Gasteiger partial charge < -0.3 is 10.1 Å². The van der Waals surface area contributed by atoms with Crippen molar-refractivity contribution in [1.82, 2.24) is 0 Å². The number of ether oxygens (including phenoxy) is 1. The van der Waals surface area contributed by atoms with Gasteiger partial charge in [-0.05, 0) is 35.1 Å². The second-order valence-electron chi connectivity index (χ2n) is 6.96. The van der Waals surface area contributed by atoms with Crippen molar-refractivity contribution in [2.24, 2.45) is 5.92 Å². The van der Waals surface area contributed by atoms with Gasteiger partial charge in [-0.15, -0.1) is 0 Å². The van der Waals surface area contributed by atoms with E-state index in [1.54, 1.807) is 12.1 Å². The van der Waals surface area contributed by atoms with Crippen LogP contribution in [0.25, 0.3) is 10.8 Å². The van der Waals surface area contributed by atoms with E-state index in [1.807, 2.05) is 68.4 Å². The molecule has 0 aliphatic carbocycles. The summed E-state index contributed by atoms with van der Waals surface area (Å²) in [5.74, 6) is -1.23. The smallest absolute Gasteiger partial charge is 0.314 e. The monoisotopic (exact) mass is 395 g/mol. The summed E-state index contributed by atoms with van der Waals surface area (Å²) < 4.78 is 5.31. The minimum Gasteiger partial charge on any atom is -0.455 e. The number of esters is 1. The topological polar surface area (TPSA) is 55.4 Å². The van der Waals surface area contributed by atoms with Gasteiger partial charge in [0.05, 0.1) is 5.92 Å². The Morgan fingerprint density at radius 2 is 1.64 bits per heavy atom. The van der Waals surface area contributed by atoms with Crippen molar-refractivity contribution in [3.8, 4) is 0 Å². The van der Waals surface area contributed by atoms with E-state index in [-0.39, 0.29) is 18.4 Å². The van der Waals surface area contributed by atoms with Gasteiger partial charge in [0.15, 0.2) is 6.61 Å². The van der Waals surface area contributed by atoms with Crippen LogP contribution in [0.5, 0.6) is 0 Å². The van der Waals surface area contributed by atoms with Crippen LogP contribution < -0.4 is 5.32 Å². The van der Waals surface area contributed by atoms with Crippen LogP contribution in [0.4, 0.5) is 5.69 Å². The van der Waals surface area contributed by atoms with Crippen molar-refractivity contribution in [1.29, 1.82) is 0 Å².